The van der Waals surface area contributed by atoms with Crippen LogP contribution in [0.5, 0.6) is 5.75 Å². The van der Waals surface area contributed by atoms with Gasteiger partial charge in [-0.1, -0.05) is 48.5 Å². The van der Waals surface area contributed by atoms with Crippen molar-refractivity contribution in [3.05, 3.63) is 65.7 Å². The van der Waals surface area contributed by atoms with Gasteiger partial charge in [-0.05, 0) is 11.6 Å². The molecule has 2 aromatic rings. The van der Waals surface area contributed by atoms with Crippen molar-refractivity contribution >= 4 is 6.29 Å². The third-order valence-electron chi connectivity index (χ3n) is 2.84. The Bertz CT molecular complexity index is 523. The maximum atomic E-state index is 11.0. The molecule has 0 heterocycles. The van der Waals surface area contributed by atoms with Crippen LogP contribution in [0.25, 0.3) is 0 Å². The lowest BCUT2D eigenvalue weighted by Crippen LogP contribution is -2.06. The number of methoxy groups -OCH3 is 1. The van der Waals surface area contributed by atoms with Gasteiger partial charge >= 0.3 is 0 Å². The summed E-state index contributed by atoms with van der Waals surface area (Å²) in [5, 5.41) is 0. The van der Waals surface area contributed by atoms with E-state index in [1.165, 1.54) is 7.11 Å². The Kier molecular flexibility index (Phi) is 4.70. The monoisotopic (exact) mass is 256 g/mol. The fourth-order valence-corrected chi connectivity index (χ4v) is 1.84. The van der Waals surface area contributed by atoms with Crippen molar-refractivity contribution in [3.8, 4) is 5.75 Å². The zero-order valence-corrected chi connectivity index (χ0v) is 10.8. The van der Waals surface area contributed by atoms with Gasteiger partial charge in [-0.2, -0.15) is 0 Å². The molecule has 0 saturated carbocycles. The molecular formula is C16H16O3. The van der Waals surface area contributed by atoms with E-state index in [-0.39, 0.29) is 0 Å². The Morgan fingerprint density at radius 3 is 2.42 bits per heavy atom. The van der Waals surface area contributed by atoms with Crippen LogP contribution in [0.2, 0.25) is 0 Å². The zero-order valence-electron chi connectivity index (χ0n) is 10.8. The molecule has 0 amide bonds. The molecule has 0 N–H and O–H groups in total. The summed E-state index contributed by atoms with van der Waals surface area (Å²) in [6.07, 6.45) is 0.178. The van der Waals surface area contributed by atoms with Gasteiger partial charge in [-0.25, -0.2) is 0 Å². The Labute approximate surface area is 112 Å². The van der Waals surface area contributed by atoms with Crippen molar-refractivity contribution in [2.75, 3.05) is 7.11 Å². The average Bonchev–Trinajstić information content (AvgIpc) is 2.48. The molecular weight excluding hydrogens is 240 g/mol. The van der Waals surface area contributed by atoms with Gasteiger partial charge in [-0.15, -0.1) is 0 Å². The zero-order chi connectivity index (χ0) is 13.5. The largest absolute Gasteiger partial charge is 0.489 e. The number of benzene rings is 2. The van der Waals surface area contributed by atoms with Crippen molar-refractivity contribution in [3.63, 3.8) is 0 Å². The van der Waals surface area contributed by atoms with Crippen molar-refractivity contribution < 1.29 is 14.3 Å². The second kappa shape index (κ2) is 6.71. The van der Waals surface area contributed by atoms with E-state index in [1.54, 1.807) is 0 Å². The molecule has 0 aliphatic heterocycles. The lowest BCUT2D eigenvalue weighted by atomic mass is 10.1. The summed E-state index contributed by atoms with van der Waals surface area (Å²) in [6.45, 7) is 0.465. The molecule has 3 heteroatoms. The molecule has 3 nitrogen and oxygen atoms in total. The van der Waals surface area contributed by atoms with Crippen LogP contribution in [0.1, 0.15) is 17.2 Å². The normalized spacial score (nSPS) is 11.8. The molecule has 0 aliphatic carbocycles. The van der Waals surface area contributed by atoms with Gasteiger partial charge in [0, 0.05) is 12.7 Å². The van der Waals surface area contributed by atoms with E-state index in [0.29, 0.717) is 12.4 Å². The summed E-state index contributed by atoms with van der Waals surface area (Å²) in [7, 11) is 1.51. The molecule has 0 bridgehead atoms. The molecule has 1 atom stereocenters. The van der Waals surface area contributed by atoms with E-state index < -0.39 is 6.10 Å². The molecule has 0 fully saturated rings. The number of ether oxygens (including phenoxy) is 2. The number of para-hydroxylation sites is 1. The molecule has 2 rings (SSSR count). The predicted molar refractivity (Wildman–Crippen MR) is 73.0 cm³/mol. The lowest BCUT2D eigenvalue weighted by molar-refractivity contribution is -0.116. The standard InChI is InChI=1S/C16H16O3/c1-18-16(11-17)14-9-5-6-10-15(14)19-12-13-7-3-2-4-8-13/h2-11,16H,12H2,1H3. The third-order valence-corrected chi connectivity index (χ3v) is 2.84. The van der Waals surface area contributed by atoms with E-state index in [2.05, 4.69) is 0 Å². The molecule has 0 spiro atoms. The fraction of sp³-hybridized carbons (Fsp3) is 0.188. The number of rotatable bonds is 6. The molecule has 1 unspecified atom stereocenters. The molecule has 0 aliphatic rings. The van der Waals surface area contributed by atoms with Crippen LogP contribution in [0, 0.1) is 0 Å². The maximum absolute atomic E-state index is 11.0. The molecule has 98 valence electrons. The molecule has 0 radical (unpaired) electrons. The fourth-order valence-electron chi connectivity index (χ4n) is 1.84. The number of hydrogen-bond donors (Lipinski definition) is 0. The SMILES string of the molecule is COC(C=O)c1ccccc1OCc1ccccc1. The van der Waals surface area contributed by atoms with Crippen molar-refractivity contribution in [2.45, 2.75) is 12.7 Å². The smallest absolute Gasteiger partial charge is 0.153 e. The first-order valence-electron chi connectivity index (χ1n) is 6.09. The quantitative estimate of drug-likeness (QED) is 0.745. The van der Waals surface area contributed by atoms with Crippen molar-refractivity contribution in [1.29, 1.82) is 0 Å². The van der Waals surface area contributed by atoms with Crippen LogP contribution in [0.4, 0.5) is 0 Å². The molecule has 0 aromatic heterocycles. The van der Waals surface area contributed by atoms with Gasteiger partial charge in [0.15, 0.2) is 6.29 Å². The number of carbonyl (C=O) groups excluding carboxylic acids is 1. The van der Waals surface area contributed by atoms with E-state index in [9.17, 15) is 4.79 Å². The van der Waals surface area contributed by atoms with E-state index >= 15 is 0 Å². The highest BCUT2D eigenvalue weighted by Crippen LogP contribution is 2.26. The van der Waals surface area contributed by atoms with Gasteiger partial charge in [0.2, 0.25) is 0 Å². The Hall–Kier alpha value is -2.13. The predicted octanol–water partition coefficient (Wildman–Crippen LogP) is 3.15. The van der Waals surface area contributed by atoms with Crippen LogP contribution in [-0.4, -0.2) is 13.4 Å². The van der Waals surface area contributed by atoms with Crippen LogP contribution < -0.4 is 4.74 Å². The summed E-state index contributed by atoms with van der Waals surface area (Å²) in [6, 6.07) is 17.3. The van der Waals surface area contributed by atoms with Gasteiger partial charge in [-0.3, -0.25) is 0 Å². The first-order chi connectivity index (χ1) is 9.35. The molecule has 2 aromatic carbocycles. The van der Waals surface area contributed by atoms with Crippen molar-refractivity contribution in [2.24, 2.45) is 0 Å². The van der Waals surface area contributed by atoms with Crippen LogP contribution in [-0.2, 0) is 16.1 Å². The number of hydrogen-bond acceptors (Lipinski definition) is 3. The van der Waals surface area contributed by atoms with Crippen LogP contribution in [0.3, 0.4) is 0 Å². The third kappa shape index (κ3) is 3.42. The first kappa shape index (κ1) is 13.3. The topological polar surface area (TPSA) is 35.5 Å². The lowest BCUT2D eigenvalue weighted by Gasteiger charge is -2.15. The summed E-state index contributed by atoms with van der Waals surface area (Å²) in [5.74, 6) is 0.672. The first-order valence-corrected chi connectivity index (χ1v) is 6.09. The Morgan fingerprint density at radius 1 is 1.05 bits per heavy atom. The van der Waals surface area contributed by atoms with Gasteiger partial charge in [0.05, 0.1) is 0 Å². The maximum Gasteiger partial charge on any atom is 0.153 e. The van der Waals surface area contributed by atoms with E-state index in [1.807, 2.05) is 54.6 Å². The minimum atomic E-state index is -0.591. The van der Waals surface area contributed by atoms with E-state index in [0.717, 1.165) is 17.4 Å². The van der Waals surface area contributed by atoms with Gasteiger partial charge < -0.3 is 14.3 Å². The van der Waals surface area contributed by atoms with Gasteiger partial charge in [0.1, 0.15) is 18.5 Å². The van der Waals surface area contributed by atoms with Gasteiger partial charge in [0.25, 0.3) is 0 Å². The summed E-state index contributed by atoms with van der Waals surface area (Å²) >= 11 is 0. The summed E-state index contributed by atoms with van der Waals surface area (Å²) < 4.78 is 10.9. The number of carbonyl (C=O) groups is 1. The van der Waals surface area contributed by atoms with Crippen molar-refractivity contribution in [1.82, 2.24) is 0 Å². The van der Waals surface area contributed by atoms with Crippen LogP contribution >= 0.6 is 0 Å². The minimum Gasteiger partial charge on any atom is -0.489 e. The second-order valence-corrected chi connectivity index (χ2v) is 4.10. The van der Waals surface area contributed by atoms with E-state index in [4.69, 9.17) is 9.47 Å². The van der Waals surface area contributed by atoms with Crippen LogP contribution in [0.15, 0.2) is 54.6 Å². The Morgan fingerprint density at radius 2 is 1.74 bits per heavy atom. The molecule has 0 saturated heterocycles. The Balaban J connectivity index is 2.14. The highest BCUT2D eigenvalue weighted by atomic mass is 16.5. The summed E-state index contributed by atoms with van der Waals surface area (Å²) in [5.41, 5.74) is 1.83. The average molecular weight is 256 g/mol. The summed E-state index contributed by atoms with van der Waals surface area (Å²) in [4.78, 5) is 11.0. The highest BCUT2D eigenvalue weighted by molar-refractivity contribution is 5.62. The minimum absolute atomic E-state index is 0.465. The highest BCUT2D eigenvalue weighted by Gasteiger charge is 2.14. The second-order valence-electron chi connectivity index (χ2n) is 4.10. The number of aldehydes is 1. The molecule has 19 heavy (non-hydrogen) atoms.